The highest BCUT2D eigenvalue weighted by Crippen LogP contribution is 2.25. The average molecular weight is 390 g/mol. The van der Waals surface area contributed by atoms with Crippen molar-refractivity contribution in [3.8, 4) is 11.3 Å². The molecular formula is C19H27N5O2S. The Bertz CT molecular complexity index is 871. The highest BCUT2D eigenvalue weighted by molar-refractivity contribution is 7.91. The van der Waals surface area contributed by atoms with Gasteiger partial charge in [-0.1, -0.05) is 30.3 Å². The number of hydrogen-bond acceptors (Lipinski definition) is 7. The molecule has 1 atom stereocenters. The number of likely N-dealkylation sites (N-methyl/N-ethyl adjacent to an activating group) is 1. The average Bonchev–Trinajstić information content (AvgIpc) is 3.01. The van der Waals surface area contributed by atoms with Gasteiger partial charge in [0.15, 0.2) is 9.84 Å². The maximum atomic E-state index is 11.9. The van der Waals surface area contributed by atoms with E-state index in [1.807, 2.05) is 62.4 Å². The van der Waals surface area contributed by atoms with Gasteiger partial charge in [-0.05, 0) is 20.5 Å². The van der Waals surface area contributed by atoms with Crippen molar-refractivity contribution in [2.45, 2.75) is 12.5 Å². The zero-order chi connectivity index (χ0) is 19.4. The minimum atomic E-state index is -2.96. The predicted molar refractivity (Wildman–Crippen MR) is 110 cm³/mol. The van der Waals surface area contributed by atoms with Gasteiger partial charge in [0.2, 0.25) is 5.95 Å². The van der Waals surface area contributed by atoms with Crippen LogP contribution in [0.4, 0.5) is 11.8 Å². The van der Waals surface area contributed by atoms with Crippen molar-refractivity contribution in [1.29, 1.82) is 0 Å². The molecule has 0 bridgehead atoms. The fourth-order valence-electron chi connectivity index (χ4n) is 3.09. The summed E-state index contributed by atoms with van der Waals surface area (Å²) in [5.41, 5.74) is 1.82. The van der Waals surface area contributed by atoms with Crippen molar-refractivity contribution < 1.29 is 8.42 Å². The van der Waals surface area contributed by atoms with Crippen LogP contribution in [-0.4, -0.2) is 75.1 Å². The zero-order valence-corrected chi connectivity index (χ0v) is 16.9. The number of sulfone groups is 1. The first-order chi connectivity index (χ1) is 12.8. The van der Waals surface area contributed by atoms with E-state index in [4.69, 9.17) is 4.98 Å². The van der Waals surface area contributed by atoms with E-state index in [0.29, 0.717) is 12.4 Å². The molecule has 2 heterocycles. The minimum Gasteiger partial charge on any atom is -0.369 e. The molecule has 0 amide bonds. The van der Waals surface area contributed by atoms with Crippen molar-refractivity contribution in [3.63, 3.8) is 0 Å². The predicted octanol–water partition coefficient (Wildman–Crippen LogP) is 1.74. The van der Waals surface area contributed by atoms with Crippen LogP contribution < -0.4 is 10.2 Å². The molecule has 1 unspecified atom stereocenters. The van der Waals surface area contributed by atoms with Gasteiger partial charge in [-0.15, -0.1) is 0 Å². The third-order valence-corrected chi connectivity index (χ3v) is 6.47. The first-order valence-corrected chi connectivity index (χ1v) is 10.9. The topological polar surface area (TPSA) is 78.4 Å². The molecule has 1 fully saturated rings. The van der Waals surface area contributed by atoms with E-state index >= 15 is 0 Å². The summed E-state index contributed by atoms with van der Waals surface area (Å²) in [4.78, 5) is 13.3. The highest BCUT2D eigenvalue weighted by Gasteiger charge is 2.32. The van der Waals surface area contributed by atoms with Crippen LogP contribution >= 0.6 is 0 Å². The molecule has 2 aromatic rings. The highest BCUT2D eigenvalue weighted by atomic mass is 32.2. The molecular weight excluding hydrogens is 362 g/mol. The first kappa shape index (κ1) is 19.6. The molecule has 0 spiro atoms. The Morgan fingerprint density at radius 3 is 2.52 bits per heavy atom. The summed E-state index contributed by atoms with van der Waals surface area (Å²) in [5.74, 6) is 1.68. The number of benzene rings is 1. The lowest BCUT2D eigenvalue weighted by atomic mass is 10.1. The van der Waals surface area contributed by atoms with E-state index in [9.17, 15) is 8.42 Å². The van der Waals surface area contributed by atoms with Gasteiger partial charge in [0.1, 0.15) is 5.82 Å². The van der Waals surface area contributed by atoms with Crippen molar-refractivity contribution in [2.24, 2.45) is 0 Å². The van der Waals surface area contributed by atoms with Crippen LogP contribution in [-0.2, 0) is 9.84 Å². The van der Waals surface area contributed by atoms with Gasteiger partial charge >= 0.3 is 0 Å². The molecule has 1 N–H and O–H groups in total. The maximum Gasteiger partial charge on any atom is 0.227 e. The van der Waals surface area contributed by atoms with Crippen molar-refractivity contribution in [3.05, 3.63) is 36.4 Å². The lowest BCUT2D eigenvalue weighted by Gasteiger charge is -2.24. The van der Waals surface area contributed by atoms with Crippen LogP contribution in [0.1, 0.15) is 6.42 Å². The molecule has 1 aliphatic rings. The molecule has 7 nitrogen and oxygen atoms in total. The van der Waals surface area contributed by atoms with Crippen LogP contribution in [0.3, 0.4) is 0 Å². The number of rotatable bonds is 7. The van der Waals surface area contributed by atoms with Crippen molar-refractivity contribution >= 4 is 21.6 Å². The fraction of sp³-hybridized carbons (Fsp3) is 0.474. The molecule has 1 aliphatic heterocycles. The summed E-state index contributed by atoms with van der Waals surface area (Å²) in [7, 11) is 2.96. The second-order valence-corrected chi connectivity index (χ2v) is 9.43. The molecule has 0 aliphatic carbocycles. The van der Waals surface area contributed by atoms with Crippen LogP contribution in [0.2, 0.25) is 0 Å². The Kier molecular flexibility index (Phi) is 5.96. The molecule has 0 radical (unpaired) electrons. The van der Waals surface area contributed by atoms with Gasteiger partial charge in [0.05, 0.1) is 17.2 Å². The van der Waals surface area contributed by atoms with Crippen LogP contribution in [0.25, 0.3) is 11.3 Å². The molecule has 0 saturated carbocycles. The third kappa shape index (κ3) is 5.17. The van der Waals surface area contributed by atoms with Gasteiger partial charge < -0.3 is 15.1 Å². The van der Waals surface area contributed by atoms with E-state index in [1.165, 1.54) is 0 Å². The summed E-state index contributed by atoms with van der Waals surface area (Å²) in [6.07, 6.45) is 0.612. The Morgan fingerprint density at radius 1 is 1.15 bits per heavy atom. The van der Waals surface area contributed by atoms with Crippen molar-refractivity contribution in [1.82, 2.24) is 14.9 Å². The van der Waals surface area contributed by atoms with Crippen LogP contribution in [0.15, 0.2) is 36.4 Å². The monoisotopic (exact) mass is 389 g/mol. The number of nitrogens with zero attached hydrogens (tertiary/aromatic N) is 4. The summed E-state index contributed by atoms with van der Waals surface area (Å²) in [6.45, 7) is 1.65. The molecule has 1 saturated heterocycles. The Morgan fingerprint density at radius 2 is 1.89 bits per heavy atom. The second-order valence-electron chi connectivity index (χ2n) is 7.20. The van der Waals surface area contributed by atoms with Crippen LogP contribution in [0, 0.1) is 0 Å². The largest absolute Gasteiger partial charge is 0.369 e. The summed E-state index contributed by atoms with van der Waals surface area (Å²) in [5, 5.41) is 3.35. The van der Waals surface area contributed by atoms with E-state index in [0.717, 1.165) is 30.2 Å². The summed E-state index contributed by atoms with van der Waals surface area (Å²) >= 11 is 0. The SMILES string of the molecule is CN(C)CCNc1cc(-c2ccccc2)nc(N(C)C2CCS(=O)(=O)C2)n1. The van der Waals surface area contributed by atoms with Crippen LogP contribution in [0.5, 0.6) is 0 Å². The lowest BCUT2D eigenvalue weighted by Crippen LogP contribution is -2.34. The zero-order valence-electron chi connectivity index (χ0n) is 16.1. The van der Waals surface area contributed by atoms with Gasteiger partial charge in [0, 0.05) is 37.8 Å². The third-order valence-electron chi connectivity index (χ3n) is 4.72. The van der Waals surface area contributed by atoms with Gasteiger partial charge in [-0.2, -0.15) is 4.98 Å². The Balaban J connectivity index is 1.89. The van der Waals surface area contributed by atoms with Gasteiger partial charge in [-0.25, -0.2) is 13.4 Å². The lowest BCUT2D eigenvalue weighted by molar-refractivity contribution is 0.425. The van der Waals surface area contributed by atoms with Gasteiger partial charge in [0.25, 0.3) is 0 Å². The number of aromatic nitrogens is 2. The molecule has 27 heavy (non-hydrogen) atoms. The molecule has 146 valence electrons. The summed E-state index contributed by atoms with van der Waals surface area (Å²) < 4.78 is 23.7. The quantitative estimate of drug-likeness (QED) is 0.773. The molecule has 1 aromatic heterocycles. The first-order valence-electron chi connectivity index (χ1n) is 9.10. The Hall–Kier alpha value is -2.19. The minimum absolute atomic E-state index is 0.0874. The van der Waals surface area contributed by atoms with E-state index in [1.54, 1.807) is 0 Å². The normalized spacial score (nSPS) is 18.6. The number of nitrogens with one attached hydrogen (secondary N) is 1. The van der Waals surface area contributed by atoms with Crippen molar-refractivity contribution in [2.75, 3.05) is 56.0 Å². The Labute approximate surface area is 161 Å². The van der Waals surface area contributed by atoms with E-state index < -0.39 is 9.84 Å². The maximum absolute atomic E-state index is 11.9. The van der Waals surface area contributed by atoms with Gasteiger partial charge in [-0.3, -0.25) is 0 Å². The molecule has 1 aromatic carbocycles. The molecule has 3 rings (SSSR count). The summed E-state index contributed by atoms with van der Waals surface area (Å²) in [6, 6.07) is 11.8. The fourth-order valence-corrected chi connectivity index (χ4v) is 4.87. The smallest absolute Gasteiger partial charge is 0.227 e. The number of anilines is 2. The van der Waals surface area contributed by atoms with E-state index in [-0.39, 0.29) is 17.5 Å². The number of hydrogen-bond donors (Lipinski definition) is 1. The van der Waals surface area contributed by atoms with E-state index in [2.05, 4.69) is 15.2 Å². The molecule has 8 heteroatoms. The standard InChI is InChI=1S/C19H27N5O2S/c1-23(2)11-10-20-18-13-17(15-7-5-4-6-8-15)21-19(22-18)24(3)16-9-12-27(25,26)14-16/h4-8,13,16H,9-12,14H2,1-3H3,(H,20,21,22). The second kappa shape index (κ2) is 8.22.